The van der Waals surface area contributed by atoms with Crippen LogP contribution in [-0.2, 0) is 17.8 Å². The standard InChI is InChI=1S/C27H30N4O2/c1-17-20(13-31-14-22(15-31)27(32)29-2)6-5-19-10-24(7-8-25(17)19)33-16-23-9-21(11-28)26(12-30-23)18-3-4-18/h7-10,12,18,22H,3-6,13-16H2,1-2H3,(H,29,32). The molecule has 1 aliphatic heterocycles. The summed E-state index contributed by atoms with van der Waals surface area (Å²) < 4.78 is 6.04. The molecule has 3 aliphatic rings. The van der Waals surface area contributed by atoms with Crippen molar-refractivity contribution in [1.82, 2.24) is 15.2 Å². The maximum Gasteiger partial charge on any atom is 0.225 e. The highest BCUT2D eigenvalue weighted by Crippen LogP contribution is 2.41. The van der Waals surface area contributed by atoms with Gasteiger partial charge in [-0.15, -0.1) is 0 Å². The van der Waals surface area contributed by atoms with Crippen LogP contribution in [0.4, 0.5) is 0 Å². The molecule has 2 aliphatic carbocycles. The minimum absolute atomic E-state index is 0.134. The van der Waals surface area contributed by atoms with Gasteiger partial charge in [0.05, 0.1) is 23.2 Å². The van der Waals surface area contributed by atoms with Crippen molar-refractivity contribution in [3.8, 4) is 11.8 Å². The molecule has 170 valence electrons. The normalized spacial score (nSPS) is 18.3. The first kappa shape index (κ1) is 21.7. The number of allylic oxidation sites excluding steroid dienone is 1. The summed E-state index contributed by atoms with van der Waals surface area (Å²) in [7, 11) is 1.71. The maximum atomic E-state index is 11.7. The van der Waals surface area contributed by atoms with Crippen LogP contribution in [0.1, 0.15) is 60.1 Å². The maximum absolute atomic E-state index is 11.7. The number of nitrogens with one attached hydrogen (secondary N) is 1. The summed E-state index contributed by atoms with van der Waals surface area (Å²) in [5, 5.41) is 12.2. The number of ether oxygens (including phenoxy) is 1. The quantitative estimate of drug-likeness (QED) is 0.706. The van der Waals surface area contributed by atoms with Crippen LogP contribution in [0.5, 0.6) is 5.75 Å². The van der Waals surface area contributed by atoms with E-state index in [9.17, 15) is 10.1 Å². The fraction of sp³-hybridized carbons (Fsp3) is 0.444. The topological polar surface area (TPSA) is 78.3 Å². The predicted octanol–water partition coefficient (Wildman–Crippen LogP) is 3.81. The Balaban J connectivity index is 1.22. The SMILES string of the molecule is CNC(=O)C1CN(CC2=C(C)c3ccc(OCc4cc(C#N)c(C5CC5)cn4)cc3CC2)C1. The number of hydrogen-bond donors (Lipinski definition) is 1. The molecule has 5 rings (SSSR count). The molecule has 1 aromatic carbocycles. The molecule has 0 atom stereocenters. The molecule has 6 nitrogen and oxygen atoms in total. The van der Waals surface area contributed by atoms with Gasteiger partial charge in [0.25, 0.3) is 0 Å². The lowest BCUT2D eigenvalue weighted by Gasteiger charge is -2.39. The zero-order chi connectivity index (χ0) is 22.9. The van der Waals surface area contributed by atoms with Crippen LogP contribution in [0.25, 0.3) is 5.57 Å². The number of amides is 1. The Labute approximate surface area is 195 Å². The first-order valence-corrected chi connectivity index (χ1v) is 11.8. The average molecular weight is 443 g/mol. The summed E-state index contributed by atoms with van der Waals surface area (Å²) >= 11 is 0. The first-order valence-electron chi connectivity index (χ1n) is 11.8. The molecule has 1 saturated carbocycles. The Kier molecular flexibility index (Phi) is 5.90. The zero-order valence-electron chi connectivity index (χ0n) is 19.4. The van der Waals surface area contributed by atoms with Gasteiger partial charge in [-0.25, -0.2) is 0 Å². The Morgan fingerprint density at radius 2 is 2.09 bits per heavy atom. The Morgan fingerprint density at radius 3 is 2.82 bits per heavy atom. The number of hydrogen-bond acceptors (Lipinski definition) is 5. The van der Waals surface area contributed by atoms with Crippen molar-refractivity contribution in [2.75, 3.05) is 26.7 Å². The largest absolute Gasteiger partial charge is 0.487 e. The van der Waals surface area contributed by atoms with Gasteiger partial charge in [0.1, 0.15) is 12.4 Å². The number of nitrogens with zero attached hydrogens (tertiary/aromatic N) is 3. The fourth-order valence-electron chi connectivity index (χ4n) is 4.99. The molecule has 1 N–H and O–H groups in total. The van der Waals surface area contributed by atoms with Gasteiger partial charge in [-0.3, -0.25) is 14.7 Å². The lowest BCUT2D eigenvalue weighted by atomic mass is 9.85. The monoisotopic (exact) mass is 442 g/mol. The molecule has 0 unspecified atom stereocenters. The van der Waals surface area contributed by atoms with Crippen LogP contribution < -0.4 is 10.1 Å². The number of carbonyl (C=O) groups excluding carboxylic acids is 1. The van der Waals surface area contributed by atoms with Gasteiger partial charge in [-0.1, -0.05) is 11.6 Å². The summed E-state index contributed by atoms with van der Waals surface area (Å²) in [6, 6.07) is 10.5. The highest BCUT2D eigenvalue weighted by Gasteiger charge is 2.33. The van der Waals surface area contributed by atoms with E-state index in [-0.39, 0.29) is 11.8 Å². The summed E-state index contributed by atoms with van der Waals surface area (Å²) in [6.45, 7) is 5.21. The van der Waals surface area contributed by atoms with Gasteiger partial charge in [0.15, 0.2) is 0 Å². The van der Waals surface area contributed by atoms with E-state index in [1.807, 2.05) is 18.3 Å². The second kappa shape index (κ2) is 8.99. The third-order valence-corrected chi connectivity index (χ3v) is 7.21. The minimum Gasteiger partial charge on any atom is -0.487 e. The highest BCUT2D eigenvalue weighted by molar-refractivity contribution is 5.79. The van der Waals surface area contributed by atoms with Crippen molar-refractivity contribution in [2.24, 2.45) is 5.92 Å². The molecule has 2 heterocycles. The molecule has 1 aromatic heterocycles. The molecule has 0 bridgehead atoms. The van der Waals surface area contributed by atoms with Crippen molar-refractivity contribution in [2.45, 2.75) is 45.1 Å². The van der Waals surface area contributed by atoms with Crippen molar-refractivity contribution in [1.29, 1.82) is 5.26 Å². The molecular weight excluding hydrogens is 412 g/mol. The van der Waals surface area contributed by atoms with Crippen molar-refractivity contribution >= 4 is 11.5 Å². The third kappa shape index (κ3) is 4.51. The molecule has 33 heavy (non-hydrogen) atoms. The highest BCUT2D eigenvalue weighted by atomic mass is 16.5. The van der Waals surface area contributed by atoms with E-state index in [0.29, 0.717) is 12.5 Å². The average Bonchev–Trinajstić information content (AvgIpc) is 3.65. The summed E-state index contributed by atoms with van der Waals surface area (Å²) in [6.07, 6.45) is 6.21. The van der Waals surface area contributed by atoms with Crippen LogP contribution in [0, 0.1) is 17.2 Å². The van der Waals surface area contributed by atoms with E-state index < -0.39 is 0 Å². The van der Waals surface area contributed by atoms with E-state index in [0.717, 1.165) is 67.9 Å². The predicted molar refractivity (Wildman–Crippen MR) is 127 cm³/mol. The molecular formula is C27H30N4O2. The second-order valence-electron chi connectivity index (χ2n) is 9.49. The number of aromatic nitrogens is 1. The van der Waals surface area contributed by atoms with Gasteiger partial charge in [0, 0.05) is 32.9 Å². The number of pyridine rings is 1. The van der Waals surface area contributed by atoms with Gasteiger partial charge in [0.2, 0.25) is 5.91 Å². The molecule has 2 aromatic rings. The number of likely N-dealkylation sites (tertiary alicyclic amines) is 1. The number of fused-ring (bicyclic) bond motifs is 1. The summed E-state index contributed by atoms with van der Waals surface area (Å²) in [4.78, 5) is 18.6. The molecule has 0 spiro atoms. The first-order chi connectivity index (χ1) is 16.1. The van der Waals surface area contributed by atoms with Gasteiger partial charge < -0.3 is 10.1 Å². The fourth-order valence-corrected chi connectivity index (χ4v) is 4.99. The summed E-state index contributed by atoms with van der Waals surface area (Å²) in [5.74, 6) is 1.64. The van der Waals surface area contributed by atoms with Crippen LogP contribution in [0.15, 0.2) is 36.0 Å². The van der Waals surface area contributed by atoms with Gasteiger partial charge >= 0.3 is 0 Å². The Hall–Kier alpha value is -3.17. The van der Waals surface area contributed by atoms with Crippen LogP contribution in [0.3, 0.4) is 0 Å². The van der Waals surface area contributed by atoms with Crippen LogP contribution >= 0.6 is 0 Å². The van der Waals surface area contributed by atoms with E-state index in [4.69, 9.17) is 4.74 Å². The number of aryl methyl sites for hydroxylation is 1. The molecule has 0 radical (unpaired) electrons. The summed E-state index contributed by atoms with van der Waals surface area (Å²) in [5.41, 5.74) is 8.03. The van der Waals surface area contributed by atoms with Gasteiger partial charge in [-0.05, 0) is 79.0 Å². The van der Waals surface area contributed by atoms with E-state index in [1.54, 1.807) is 7.05 Å². The van der Waals surface area contributed by atoms with Crippen LogP contribution in [-0.4, -0.2) is 42.5 Å². The van der Waals surface area contributed by atoms with Crippen molar-refractivity contribution in [3.05, 3.63) is 64.0 Å². The third-order valence-electron chi connectivity index (χ3n) is 7.21. The zero-order valence-corrected chi connectivity index (χ0v) is 19.4. The van der Waals surface area contributed by atoms with E-state index in [1.165, 1.54) is 22.3 Å². The minimum atomic E-state index is 0.134. The number of benzene rings is 1. The smallest absolute Gasteiger partial charge is 0.225 e. The van der Waals surface area contributed by atoms with E-state index in [2.05, 4.69) is 40.3 Å². The molecule has 1 amide bonds. The molecule has 2 fully saturated rings. The van der Waals surface area contributed by atoms with Gasteiger partial charge in [-0.2, -0.15) is 5.26 Å². The second-order valence-corrected chi connectivity index (χ2v) is 9.49. The lowest BCUT2D eigenvalue weighted by molar-refractivity contribution is -0.129. The molecule has 1 saturated heterocycles. The number of rotatable bonds is 7. The van der Waals surface area contributed by atoms with Crippen molar-refractivity contribution in [3.63, 3.8) is 0 Å². The number of nitriles is 1. The van der Waals surface area contributed by atoms with Crippen molar-refractivity contribution < 1.29 is 9.53 Å². The van der Waals surface area contributed by atoms with Crippen LogP contribution in [0.2, 0.25) is 0 Å². The Morgan fingerprint density at radius 1 is 1.27 bits per heavy atom. The Bertz CT molecular complexity index is 1150. The number of carbonyl (C=O) groups is 1. The van der Waals surface area contributed by atoms with E-state index >= 15 is 0 Å². The lowest BCUT2D eigenvalue weighted by Crippen LogP contribution is -2.53. The molecule has 6 heteroatoms.